The molecule has 0 saturated carbocycles. The molecule has 7 amide bonds. The number of carboxylic acids is 1. The number of hydrogen-bond donors (Lipinski definition) is 12. The number of aromatic nitrogens is 1. The van der Waals surface area contributed by atoms with E-state index in [0.29, 0.717) is 30.2 Å². The zero-order valence-corrected chi connectivity index (χ0v) is 38.4. The van der Waals surface area contributed by atoms with Crippen molar-refractivity contribution in [3.63, 3.8) is 0 Å². The van der Waals surface area contributed by atoms with E-state index in [2.05, 4.69) is 36.9 Å². The van der Waals surface area contributed by atoms with Crippen molar-refractivity contribution in [1.82, 2.24) is 41.8 Å². The first kappa shape index (κ1) is 52.8. The van der Waals surface area contributed by atoms with Gasteiger partial charge in [0.2, 0.25) is 35.4 Å². The summed E-state index contributed by atoms with van der Waals surface area (Å²) in [6, 6.07) is 9.44. The van der Waals surface area contributed by atoms with Crippen molar-refractivity contribution in [2.24, 2.45) is 5.92 Å². The second kappa shape index (κ2) is 24.8. The summed E-state index contributed by atoms with van der Waals surface area (Å²) in [6.07, 6.45) is -1.58. The Hall–Kier alpha value is -7.14. The number of aliphatic hydroxyl groups is 4. The number of carbonyl (C=O) groups is 8. The Labute approximate surface area is 396 Å². The van der Waals surface area contributed by atoms with Crippen LogP contribution in [0.1, 0.15) is 67.1 Å². The van der Waals surface area contributed by atoms with Crippen molar-refractivity contribution in [3.8, 4) is 5.75 Å². The number of methoxy groups -OCH3 is 1. The Balaban J connectivity index is 1.32. The van der Waals surface area contributed by atoms with Crippen LogP contribution in [0.2, 0.25) is 0 Å². The van der Waals surface area contributed by atoms with Gasteiger partial charge >= 0.3 is 5.97 Å². The molecule has 2 aliphatic rings. The van der Waals surface area contributed by atoms with Gasteiger partial charge in [0.15, 0.2) is 6.10 Å². The third-order valence-corrected chi connectivity index (χ3v) is 11.8. The van der Waals surface area contributed by atoms with Crippen molar-refractivity contribution in [2.45, 2.75) is 94.4 Å². The van der Waals surface area contributed by atoms with Crippen LogP contribution in [0, 0.1) is 5.92 Å². The van der Waals surface area contributed by atoms with Gasteiger partial charge in [-0.05, 0) is 54.5 Å². The predicted octanol–water partition coefficient (Wildman–Crippen LogP) is -1.28. The first-order valence-corrected chi connectivity index (χ1v) is 22.4. The molecule has 1 aromatic heterocycles. The molecule has 0 unspecified atom stereocenters. The maximum Gasteiger partial charge on any atom is 0.352 e. The minimum Gasteiger partial charge on any atom is -0.497 e. The Morgan fingerprint density at radius 3 is 2.30 bits per heavy atom. The highest BCUT2D eigenvalue weighted by atomic mass is 16.5. The molecule has 12 N–H and O–H groups in total. The fraction of sp³-hybridized carbons (Fsp3) is 0.447. The van der Waals surface area contributed by atoms with Gasteiger partial charge in [0.1, 0.15) is 23.6 Å². The number of aromatic carboxylic acids is 1. The number of nitrogens with zero attached hydrogens (tertiary/aromatic N) is 1. The third kappa shape index (κ3) is 14.9. The molecule has 3 heterocycles. The number of hydrogen-bond acceptors (Lipinski definition) is 13. The van der Waals surface area contributed by atoms with E-state index in [1.165, 1.54) is 7.05 Å². The number of aromatic amines is 1. The monoisotopic (exact) mass is 960 g/mol. The summed E-state index contributed by atoms with van der Waals surface area (Å²) in [5.41, 5.74) is 1.19. The van der Waals surface area contributed by atoms with Gasteiger partial charge in [0.25, 0.3) is 5.91 Å². The van der Waals surface area contributed by atoms with Crippen LogP contribution in [0.4, 0.5) is 0 Å². The van der Waals surface area contributed by atoms with Crippen molar-refractivity contribution in [2.75, 3.05) is 33.8 Å². The molecule has 0 spiro atoms. The maximum atomic E-state index is 13.7. The Kier molecular flexibility index (Phi) is 19.0. The molecule has 22 heteroatoms. The van der Waals surface area contributed by atoms with Crippen molar-refractivity contribution >= 4 is 64.3 Å². The number of ether oxygens (including phenoxy) is 1. The largest absolute Gasteiger partial charge is 0.497 e. The second-order valence-corrected chi connectivity index (χ2v) is 17.1. The smallest absolute Gasteiger partial charge is 0.352 e. The normalized spacial score (nSPS) is 23.9. The lowest BCUT2D eigenvalue weighted by Gasteiger charge is -2.33. The first-order chi connectivity index (χ1) is 32.8. The van der Waals surface area contributed by atoms with Crippen molar-refractivity contribution in [1.29, 1.82) is 0 Å². The summed E-state index contributed by atoms with van der Waals surface area (Å²) in [5.74, 6) is -7.57. The fourth-order valence-electron chi connectivity index (χ4n) is 7.91. The molecule has 8 atom stereocenters. The topological polar surface area (TPSA) is 338 Å². The SMILES string of the molecule is COc1ccc(/C=C/CCCC[C@H](C)[C@H](O)[C@@H](O)[C@H]2NC(=O)C[C@@H](O)CNC(=O)CNC(=O)[C@@H](Cc3c(C(=O)O)[nH]c4ccccc34)NC(=O)CN(C)C(=O)/C=C3\NC(=O)C[C@H]3NC(=O)[C@H]2O)cc1. The highest BCUT2D eigenvalue weighted by molar-refractivity contribution is 5.99. The number of β-amino-alcohol motifs (C(OH)–C–C–N with tert-alkyl or cyclic N) is 1. The number of para-hydroxylation sites is 1. The summed E-state index contributed by atoms with van der Waals surface area (Å²) < 4.78 is 5.18. The Morgan fingerprint density at radius 2 is 1.59 bits per heavy atom. The van der Waals surface area contributed by atoms with Gasteiger partial charge in [-0.25, -0.2) is 4.79 Å². The average molecular weight is 961 g/mol. The Bertz CT molecular complexity index is 2420. The number of aliphatic hydroxyl groups excluding tert-OH is 4. The van der Waals surface area contributed by atoms with Gasteiger partial charge < -0.3 is 72.1 Å². The van der Waals surface area contributed by atoms with Crippen LogP contribution in [0.15, 0.2) is 66.4 Å². The van der Waals surface area contributed by atoms with Gasteiger partial charge in [-0.15, -0.1) is 0 Å². The van der Waals surface area contributed by atoms with Gasteiger partial charge in [0, 0.05) is 42.7 Å². The van der Waals surface area contributed by atoms with E-state index in [4.69, 9.17) is 4.74 Å². The first-order valence-electron chi connectivity index (χ1n) is 22.4. The van der Waals surface area contributed by atoms with E-state index in [9.17, 15) is 63.9 Å². The number of fused-ring (bicyclic) bond motifs is 2. The zero-order valence-electron chi connectivity index (χ0n) is 38.4. The fourth-order valence-corrected chi connectivity index (χ4v) is 7.91. The number of nitrogens with one attached hydrogen (secondary N) is 7. The van der Waals surface area contributed by atoms with Crippen LogP contribution in [-0.2, 0) is 40.0 Å². The van der Waals surface area contributed by atoms with E-state index >= 15 is 0 Å². The van der Waals surface area contributed by atoms with E-state index in [1.54, 1.807) is 38.3 Å². The van der Waals surface area contributed by atoms with Gasteiger partial charge in [-0.3, -0.25) is 33.6 Å². The molecule has 1 saturated heterocycles. The summed E-state index contributed by atoms with van der Waals surface area (Å²) in [6.45, 7) is -0.264. The molecule has 372 valence electrons. The number of rotatable bonds is 13. The average Bonchev–Trinajstić information content (AvgIpc) is 3.87. The lowest BCUT2D eigenvalue weighted by Crippen LogP contribution is -2.60. The number of carbonyl (C=O) groups excluding carboxylic acids is 7. The quantitative estimate of drug-likeness (QED) is 0.0889. The minimum atomic E-state index is -2.27. The number of likely N-dealkylation sites (N-methyl/N-ethyl adjacent to an activating group) is 1. The number of unbranched alkanes of at least 4 members (excludes halogenated alkanes) is 2. The number of benzene rings is 2. The minimum absolute atomic E-state index is 0.136. The van der Waals surface area contributed by atoms with E-state index in [1.807, 2.05) is 36.4 Å². The molecule has 69 heavy (non-hydrogen) atoms. The molecule has 0 radical (unpaired) electrons. The molecule has 0 aliphatic carbocycles. The number of H-pyrrole nitrogens is 1. The zero-order chi connectivity index (χ0) is 50.4. The van der Waals surface area contributed by atoms with Crippen LogP contribution in [-0.4, -0.2) is 159 Å². The second-order valence-electron chi connectivity index (χ2n) is 17.1. The van der Waals surface area contributed by atoms with Crippen LogP contribution in [0.25, 0.3) is 17.0 Å². The molecular weight excluding hydrogens is 901 g/mol. The summed E-state index contributed by atoms with van der Waals surface area (Å²) in [4.78, 5) is 109. The highest BCUT2D eigenvalue weighted by Gasteiger charge is 2.41. The van der Waals surface area contributed by atoms with Gasteiger partial charge in [-0.1, -0.05) is 55.8 Å². The summed E-state index contributed by atoms with van der Waals surface area (Å²) >= 11 is 0. The molecule has 5 rings (SSSR count). The van der Waals surface area contributed by atoms with Gasteiger partial charge in [-0.2, -0.15) is 0 Å². The van der Waals surface area contributed by atoms with Gasteiger partial charge in [0.05, 0.1) is 57.3 Å². The molecular formula is C47H60N8O14. The lowest BCUT2D eigenvalue weighted by molar-refractivity contribution is -0.139. The Morgan fingerprint density at radius 1 is 0.870 bits per heavy atom. The van der Waals surface area contributed by atoms with E-state index in [0.717, 1.165) is 28.7 Å². The molecule has 0 bridgehead atoms. The van der Waals surface area contributed by atoms with Crippen LogP contribution >= 0.6 is 0 Å². The lowest BCUT2D eigenvalue weighted by atomic mass is 9.88. The predicted molar refractivity (Wildman–Crippen MR) is 248 cm³/mol. The van der Waals surface area contributed by atoms with Crippen LogP contribution in [0.5, 0.6) is 5.75 Å². The van der Waals surface area contributed by atoms with Crippen molar-refractivity contribution in [3.05, 3.63) is 83.2 Å². The van der Waals surface area contributed by atoms with E-state index < -0.39 is 128 Å². The molecule has 3 aromatic rings. The van der Waals surface area contributed by atoms with Crippen molar-refractivity contribution < 1.29 is 68.6 Å². The molecule has 22 nitrogen and oxygen atoms in total. The van der Waals surface area contributed by atoms with Crippen LogP contribution in [0.3, 0.4) is 0 Å². The molecule has 2 aromatic carbocycles. The molecule has 2 aliphatic heterocycles. The van der Waals surface area contributed by atoms with E-state index in [-0.39, 0.29) is 23.4 Å². The summed E-state index contributed by atoms with van der Waals surface area (Å²) in [7, 11) is 2.81. The number of allylic oxidation sites excluding steroid dienone is 1. The third-order valence-electron chi connectivity index (χ3n) is 11.8. The number of carboxylic acid groups (broad SMARTS) is 1. The highest BCUT2D eigenvalue weighted by Crippen LogP contribution is 2.25. The maximum absolute atomic E-state index is 13.7. The number of amides is 7. The standard InChI is InChI=1S/C47H60N8O14/c1-25(10-6-4-5-7-11-26-14-16-28(69-3)17-15-26)42(62)43(63)41-44(64)46(66)53-32-20-36(58)50-33(32)21-39(61)55(2)24-38(60)51-34(19-30-29-12-8-9-13-31(29)52-40(30)47(67)68)45(65)49-23-37(59)48-22-27(56)18-35(57)54-41/h7-9,11-17,21,25,27,32,34,41-44,52,56,62-64H,4-6,10,18-20,22-24H2,1-3H3,(H,48,59)(H,49,65)(H,50,58)(H,51,60)(H,53,66)(H,54,57)(H,67,68)/b11-7+,33-21-/t25-,27+,32+,34+,41+,42-,43-,44-/m0/s1. The molecule has 1 fully saturated rings. The summed E-state index contributed by atoms with van der Waals surface area (Å²) in [5, 5.41) is 69.6. The van der Waals surface area contributed by atoms with Crippen LogP contribution < -0.4 is 36.6 Å².